The topological polar surface area (TPSA) is 34.1 Å². The number of halogens is 1. The fourth-order valence-corrected chi connectivity index (χ4v) is 2.28. The van der Waals surface area contributed by atoms with Crippen LogP contribution in [0.2, 0.25) is 5.02 Å². The van der Waals surface area contributed by atoms with Crippen molar-refractivity contribution in [2.75, 3.05) is 18.5 Å². The Hall–Kier alpha value is -2.26. The first kappa shape index (κ1) is 13.7. The molecule has 2 aromatic carbocycles. The molecule has 3 nitrogen and oxygen atoms in total. The van der Waals surface area contributed by atoms with E-state index in [1.54, 1.807) is 6.20 Å². The van der Waals surface area contributed by atoms with Crippen LogP contribution in [0.15, 0.2) is 60.8 Å². The maximum Gasteiger partial charge on any atom is 0.138 e. The van der Waals surface area contributed by atoms with Crippen LogP contribution in [-0.2, 0) is 0 Å². The van der Waals surface area contributed by atoms with Crippen LogP contribution in [0.1, 0.15) is 0 Å². The largest absolute Gasteiger partial charge is 0.490 e. The van der Waals surface area contributed by atoms with Gasteiger partial charge in [0.25, 0.3) is 0 Å². The Morgan fingerprint density at radius 3 is 2.86 bits per heavy atom. The molecule has 0 radical (unpaired) electrons. The van der Waals surface area contributed by atoms with Crippen molar-refractivity contribution in [2.24, 2.45) is 0 Å². The molecule has 0 aliphatic rings. The summed E-state index contributed by atoms with van der Waals surface area (Å²) in [6.45, 7) is 1.26. The normalized spacial score (nSPS) is 10.5. The number of benzene rings is 2. The summed E-state index contributed by atoms with van der Waals surface area (Å²) in [6.07, 6.45) is 1.75. The van der Waals surface area contributed by atoms with E-state index in [1.807, 2.05) is 54.6 Å². The number of nitrogens with one attached hydrogen (secondary N) is 1. The second-order valence-electron chi connectivity index (χ2n) is 4.65. The summed E-state index contributed by atoms with van der Waals surface area (Å²) >= 11 is 5.93. The second-order valence-corrected chi connectivity index (χ2v) is 5.09. The highest BCUT2D eigenvalue weighted by Gasteiger charge is 1.98. The number of rotatable bonds is 5. The van der Waals surface area contributed by atoms with Gasteiger partial charge in [0.15, 0.2) is 0 Å². The SMILES string of the molecule is Clc1cccc(NCCOc2cnc3ccccc3c2)c1. The maximum absolute atomic E-state index is 5.93. The van der Waals surface area contributed by atoms with Crippen LogP contribution in [0, 0.1) is 0 Å². The van der Waals surface area contributed by atoms with E-state index in [0.717, 1.165) is 27.4 Å². The highest BCUT2D eigenvalue weighted by molar-refractivity contribution is 6.30. The number of aromatic nitrogens is 1. The zero-order valence-corrected chi connectivity index (χ0v) is 12.2. The molecule has 3 aromatic rings. The van der Waals surface area contributed by atoms with Gasteiger partial charge in [-0.25, -0.2) is 0 Å². The zero-order valence-electron chi connectivity index (χ0n) is 11.4. The molecule has 0 bridgehead atoms. The van der Waals surface area contributed by atoms with E-state index < -0.39 is 0 Å². The minimum atomic E-state index is 0.562. The van der Waals surface area contributed by atoms with Crippen molar-refractivity contribution in [1.82, 2.24) is 4.98 Å². The molecule has 21 heavy (non-hydrogen) atoms. The molecule has 4 heteroatoms. The van der Waals surface area contributed by atoms with Gasteiger partial charge in [0, 0.05) is 22.6 Å². The Labute approximate surface area is 128 Å². The Balaban J connectivity index is 1.54. The number of fused-ring (bicyclic) bond motifs is 1. The van der Waals surface area contributed by atoms with Gasteiger partial charge in [0.2, 0.25) is 0 Å². The number of pyridine rings is 1. The highest BCUT2D eigenvalue weighted by Crippen LogP contribution is 2.18. The molecule has 0 amide bonds. The molecule has 0 spiro atoms. The van der Waals surface area contributed by atoms with Crippen molar-refractivity contribution in [3.05, 3.63) is 65.8 Å². The second kappa shape index (κ2) is 6.46. The van der Waals surface area contributed by atoms with Crippen molar-refractivity contribution in [1.29, 1.82) is 0 Å². The summed E-state index contributed by atoms with van der Waals surface area (Å²) in [5, 5.41) is 5.07. The molecule has 0 atom stereocenters. The van der Waals surface area contributed by atoms with Crippen molar-refractivity contribution in [3.63, 3.8) is 0 Å². The number of hydrogen-bond acceptors (Lipinski definition) is 3. The Morgan fingerprint density at radius 1 is 1.05 bits per heavy atom. The molecule has 1 heterocycles. The minimum Gasteiger partial charge on any atom is -0.490 e. The third-order valence-corrected chi connectivity index (χ3v) is 3.33. The lowest BCUT2D eigenvalue weighted by Crippen LogP contribution is -2.11. The van der Waals surface area contributed by atoms with E-state index in [0.29, 0.717) is 13.2 Å². The van der Waals surface area contributed by atoms with Crippen LogP contribution >= 0.6 is 11.6 Å². The third-order valence-electron chi connectivity index (χ3n) is 3.09. The Morgan fingerprint density at radius 2 is 1.95 bits per heavy atom. The van der Waals surface area contributed by atoms with E-state index in [-0.39, 0.29) is 0 Å². The first-order valence-electron chi connectivity index (χ1n) is 6.78. The van der Waals surface area contributed by atoms with Gasteiger partial charge in [-0.3, -0.25) is 4.98 Å². The number of anilines is 1. The smallest absolute Gasteiger partial charge is 0.138 e. The Kier molecular flexibility index (Phi) is 4.22. The van der Waals surface area contributed by atoms with E-state index in [9.17, 15) is 0 Å². The van der Waals surface area contributed by atoms with Gasteiger partial charge in [0.1, 0.15) is 12.4 Å². The van der Waals surface area contributed by atoms with Crippen molar-refractivity contribution >= 4 is 28.2 Å². The van der Waals surface area contributed by atoms with Crippen molar-refractivity contribution in [3.8, 4) is 5.75 Å². The Bertz CT molecular complexity index is 745. The number of nitrogens with zero attached hydrogens (tertiary/aromatic N) is 1. The molecule has 0 unspecified atom stereocenters. The summed E-state index contributed by atoms with van der Waals surface area (Å²) in [7, 11) is 0. The monoisotopic (exact) mass is 298 g/mol. The van der Waals surface area contributed by atoms with Gasteiger partial charge in [-0.15, -0.1) is 0 Å². The molecule has 0 saturated carbocycles. The van der Waals surface area contributed by atoms with Crippen molar-refractivity contribution in [2.45, 2.75) is 0 Å². The number of hydrogen-bond donors (Lipinski definition) is 1. The fraction of sp³-hybridized carbons (Fsp3) is 0.118. The van der Waals surface area contributed by atoms with Gasteiger partial charge in [-0.2, -0.15) is 0 Å². The standard InChI is InChI=1S/C17H15ClN2O/c18-14-5-3-6-15(11-14)19-8-9-21-16-10-13-4-1-2-7-17(13)20-12-16/h1-7,10-12,19H,8-9H2. The summed E-state index contributed by atoms with van der Waals surface area (Å²) in [5.74, 6) is 0.779. The van der Waals surface area contributed by atoms with Crippen LogP contribution in [0.25, 0.3) is 10.9 Å². The minimum absolute atomic E-state index is 0.562. The van der Waals surface area contributed by atoms with Crippen LogP contribution in [0.4, 0.5) is 5.69 Å². The van der Waals surface area contributed by atoms with Crippen LogP contribution < -0.4 is 10.1 Å². The molecule has 1 aromatic heterocycles. The predicted molar refractivity (Wildman–Crippen MR) is 87.2 cm³/mol. The maximum atomic E-state index is 5.93. The molecular formula is C17H15ClN2O. The summed E-state index contributed by atoms with van der Waals surface area (Å²) in [5.41, 5.74) is 1.96. The van der Waals surface area contributed by atoms with Gasteiger partial charge in [-0.05, 0) is 30.3 Å². The van der Waals surface area contributed by atoms with Crippen LogP contribution in [0.3, 0.4) is 0 Å². The molecule has 0 fully saturated rings. The lowest BCUT2D eigenvalue weighted by Gasteiger charge is -2.09. The van der Waals surface area contributed by atoms with E-state index in [2.05, 4.69) is 10.3 Å². The summed E-state index contributed by atoms with van der Waals surface area (Å²) < 4.78 is 5.71. The van der Waals surface area contributed by atoms with Gasteiger partial charge in [-0.1, -0.05) is 35.9 Å². The van der Waals surface area contributed by atoms with Crippen LogP contribution in [-0.4, -0.2) is 18.1 Å². The first-order chi connectivity index (χ1) is 10.3. The predicted octanol–water partition coefficient (Wildman–Crippen LogP) is 4.38. The summed E-state index contributed by atoms with van der Waals surface area (Å²) in [4.78, 5) is 4.37. The average molecular weight is 299 g/mol. The molecule has 0 aliphatic carbocycles. The molecular weight excluding hydrogens is 284 g/mol. The molecule has 106 valence electrons. The summed E-state index contributed by atoms with van der Waals surface area (Å²) in [6, 6.07) is 17.6. The quantitative estimate of drug-likeness (QED) is 0.710. The lowest BCUT2D eigenvalue weighted by molar-refractivity contribution is 0.332. The van der Waals surface area contributed by atoms with Gasteiger partial charge >= 0.3 is 0 Å². The zero-order chi connectivity index (χ0) is 14.5. The van der Waals surface area contributed by atoms with Gasteiger partial charge in [0.05, 0.1) is 11.7 Å². The van der Waals surface area contributed by atoms with E-state index in [4.69, 9.17) is 16.3 Å². The fourth-order valence-electron chi connectivity index (χ4n) is 2.09. The molecule has 3 rings (SSSR count). The van der Waals surface area contributed by atoms with Crippen molar-refractivity contribution < 1.29 is 4.74 Å². The molecule has 1 N–H and O–H groups in total. The first-order valence-corrected chi connectivity index (χ1v) is 7.16. The molecule has 0 aliphatic heterocycles. The lowest BCUT2D eigenvalue weighted by atomic mass is 10.2. The third kappa shape index (κ3) is 3.64. The van der Waals surface area contributed by atoms with Crippen LogP contribution in [0.5, 0.6) is 5.75 Å². The van der Waals surface area contributed by atoms with Gasteiger partial charge < -0.3 is 10.1 Å². The highest BCUT2D eigenvalue weighted by atomic mass is 35.5. The van der Waals surface area contributed by atoms with E-state index in [1.165, 1.54) is 0 Å². The number of ether oxygens (including phenoxy) is 1. The molecule has 0 saturated heterocycles. The number of para-hydroxylation sites is 1. The van der Waals surface area contributed by atoms with E-state index >= 15 is 0 Å². The average Bonchev–Trinajstić information content (AvgIpc) is 2.51.